The van der Waals surface area contributed by atoms with Crippen LogP contribution in [0.5, 0.6) is 0 Å². The third-order valence-electron chi connectivity index (χ3n) is 3.67. The SMILES string of the molecule is CC(C)(C)[C@@H]1C[C@H](O)[C@H](O)[C@H](NC(=O)C(Cl)(Cl)Cl)C1. The molecule has 19 heavy (non-hydrogen) atoms. The van der Waals surface area contributed by atoms with Crippen LogP contribution in [0, 0.1) is 11.3 Å². The summed E-state index contributed by atoms with van der Waals surface area (Å²) < 4.78 is -2.07. The van der Waals surface area contributed by atoms with Gasteiger partial charge in [0.25, 0.3) is 9.70 Å². The average molecular weight is 333 g/mol. The van der Waals surface area contributed by atoms with Gasteiger partial charge in [-0.15, -0.1) is 0 Å². The van der Waals surface area contributed by atoms with E-state index < -0.39 is 27.9 Å². The molecule has 1 saturated carbocycles. The smallest absolute Gasteiger partial charge is 0.272 e. The van der Waals surface area contributed by atoms with Gasteiger partial charge >= 0.3 is 0 Å². The average Bonchev–Trinajstić information content (AvgIpc) is 2.21. The van der Waals surface area contributed by atoms with E-state index in [4.69, 9.17) is 34.8 Å². The zero-order chi connectivity index (χ0) is 15.0. The molecule has 0 aromatic rings. The summed E-state index contributed by atoms with van der Waals surface area (Å²) in [5, 5.41) is 22.3. The number of alkyl halides is 3. The molecule has 3 N–H and O–H groups in total. The molecule has 1 fully saturated rings. The summed E-state index contributed by atoms with van der Waals surface area (Å²) in [6, 6.07) is -0.615. The fraction of sp³-hybridized carbons (Fsp3) is 0.917. The Bertz CT molecular complexity index is 338. The molecule has 0 saturated heterocycles. The highest BCUT2D eigenvalue weighted by Gasteiger charge is 2.42. The standard InChI is InChI=1S/C12H20Cl3NO3/c1-11(2,3)6-4-7(9(18)8(17)5-6)16-10(19)12(13,14)15/h6-9,17-18H,4-5H2,1-3H3,(H,16,19)/t6-,7+,8-,9+/m0/s1. The predicted octanol–water partition coefficient (Wildman–Crippen LogP) is 2.02. The fourth-order valence-electron chi connectivity index (χ4n) is 2.34. The molecule has 1 amide bonds. The zero-order valence-corrected chi connectivity index (χ0v) is 13.4. The van der Waals surface area contributed by atoms with Crippen LogP contribution < -0.4 is 5.32 Å². The maximum absolute atomic E-state index is 11.6. The Kier molecular flexibility index (Phi) is 5.41. The molecular weight excluding hydrogens is 312 g/mol. The van der Waals surface area contributed by atoms with Crippen LogP contribution in [0.4, 0.5) is 0 Å². The minimum Gasteiger partial charge on any atom is -0.390 e. The van der Waals surface area contributed by atoms with Gasteiger partial charge in [0.2, 0.25) is 0 Å². The second-order valence-corrected chi connectivity index (χ2v) is 8.45. The highest BCUT2D eigenvalue weighted by atomic mass is 35.6. The van der Waals surface area contributed by atoms with Crippen molar-refractivity contribution in [3.63, 3.8) is 0 Å². The van der Waals surface area contributed by atoms with Crippen LogP contribution in [0.3, 0.4) is 0 Å². The Morgan fingerprint density at radius 2 is 1.68 bits per heavy atom. The Hall–Kier alpha value is 0.260. The van der Waals surface area contributed by atoms with Crippen molar-refractivity contribution in [1.82, 2.24) is 5.32 Å². The van der Waals surface area contributed by atoms with Gasteiger partial charge in [-0.25, -0.2) is 0 Å². The maximum atomic E-state index is 11.6. The van der Waals surface area contributed by atoms with Crippen molar-refractivity contribution in [3.8, 4) is 0 Å². The van der Waals surface area contributed by atoms with Crippen molar-refractivity contribution in [2.45, 2.75) is 55.7 Å². The number of nitrogens with one attached hydrogen (secondary N) is 1. The first-order chi connectivity index (χ1) is 8.43. The van der Waals surface area contributed by atoms with E-state index in [9.17, 15) is 15.0 Å². The van der Waals surface area contributed by atoms with E-state index >= 15 is 0 Å². The number of halogens is 3. The van der Waals surface area contributed by atoms with Gasteiger partial charge in [0.05, 0.1) is 12.1 Å². The Morgan fingerprint density at radius 3 is 2.11 bits per heavy atom. The number of hydrogen-bond donors (Lipinski definition) is 3. The normalized spacial score (nSPS) is 33.1. The lowest BCUT2D eigenvalue weighted by Crippen LogP contribution is -2.56. The molecule has 0 aliphatic heterocycles. The molecule has 4 atom stereocenters. The largest absolute Gasteiger partial charge is 0.390 e. The summed E-state index contributed by atoms with van der Waals surface area (Å²) >= 11 is 16.5. The van der Waals surface area contributed by atoms with Crippen molar-refractivity contribution in [3.05, 3.63) is 0 Å². The van der Waals surface area contributed by atoms with Crippen LogP contribution in [-0.4, -0.2) is 38.2 Å². The number of hydrogen-bond acceptors (Lipinski definition) is 3. The van der Waals surface area contributed by atoms with Crippen LogP contribution in [0.25, 0.3) is 0 Å². The first-order valence-corrected chi connectivity index (χ1v) is 7.30. The molecule has 1 aliphatic rings. The number of carbonyl (C=O) groups excluding carboxylic acids is 1. The van der Waals surface area contributed by atoms with Crippen LogP contribution in [0.2, 0.25) is 0 Å². The Morgan fingerprint density at radius 1 is 1.16 bits per heavy atom. The fourth-order valence-corrected chi connectivity index (χ4v) is 2.51. The molecule has 0 unspecified atom stereocenters. The van der Waals surface area contributed by atoms with Gasteiger partial charge in [0.15, 0.2) is 0 Å². The predicted molar refractivity (Wildman–Crippen MR) is 76.4 cm³/mol. The molecule has 0 aromatic heterocycles. The van der Waals surface area contributed by atoms with Gasteiger partial charge in [-0.2, -0.15) is 0 Å². The first kappa shape index (κ1) is 17.3. The maximum Gasteiger partial charge on any atom is 0.272 e. The van der Waals surface area contributed by atoms with Gasteiger partial charge in [-0.05, 0) is 24.2 Å². The van der Waals surface area contributed by atoms with E-state index in [0.717, 1.165) is 0 Å². The van der Waals surface area contributed by atoms with E-state index in [1.807, 2.05) is 0 Å². The van der Waals surface area contributed by atoms with E-state index in [-0.39, 0.29) is 11.3 Å². The first-order valence-electron chi connectivity index (χ1n) is 6.16. The number of amides is 1. The third-order valence-corrected chi connectivity index (χ3v) is 4.18. The lowest BCUT2D eigenvalue weighted by Gasteiger charge is -2.43. The summed E-state index contributed by atoms with van der Waals surface area (Å²) in [7, 11) is 0. The lowest BCUT2D eigenvalue weighted by molar-refractivity contribution is -0.125. The Labute approximate surface area is 128 Å². The van der Waals surface area contributed by atoms with Gasteiger partial charge in [-0.3, -0.25) is 4.79 Å². The van der Waals surface area contributed by atoms with Crippen molar-refractivity contribution in [1.29, 1.82) is 0 Å². The molecule has 4 nitrogen and oxygen atoms in total. The molecular formula is C12H20Cl3NO3. The zero-order valence-electron chi connectivity index (χ0n) is 11.2. The van der Waals surface area contributed by atoms with E-state index in [0.29, 0.717) is 12.8 Å². The lowest BCUT2D eigenvalue weighted by atomic mass is 9.69. The molecule has 0 bridgehead atoms. The summed E-state index contributed by atoms with van der Waals surface area (Å²) in [5.41, 5.74) is -0.0376. The van der Waals surface area contributed by atoms with Gasteiger partial charge in [-0.1, -0.05) is 55.6 Å². The Balaban J connectivity index is 2.78. The molecule has 0 heterocycles. The van der Waals surface area contributed by atoms with Gasteiger partial charge < -0.3 is 15.5 Å². The van der Waals surface area contributed by atoms with Crippen molar-refractivity contribution >= 4 is 40.7 Å². The summed E-state index contributed by atoms with van der Waals surface area (Å²) in [6.07, 6.45) is -0.910. The number of aliphatic hydroxyl groups is 2. The summed E-state index contributed by atoms with van der Waals surface area (Å²) in [6.45, 7) is 6.15. The van der Waals surface area contributed by atoms with Crippen molar-refractivity contribution in [2.24, 2.45) is 11.3 Å². The van der Waals surface area contributed by atoms with E-state index in [2.05, 4.69) is 26.1 Å². The van der Waals surface area contributed by atoms with E-state index in [1.165, 1.54) is 0 Å². The third kappa shape index (κ3) is 4.64. The minimum atomic E-state index is -2.07. The quantitative estimate of drug-likeness (QED) is 0.643. The van der Waals surface area contributed by atoms with Crippen LogP contribution in [-0.2, 0) is 4.79 Å². The highest BCUT2D eigenvalue weighted by Crippen LogP contribution is 2.38. The summed E-state index contributed by atoms with van der Waals surface area (Å²) in [5.74, 6) is -0.630. The molecule has 7 heteroatoms. The molecule has 0 spiro atoms. The molecule has 112 valence electrons. The number of rotatable bonds is 1. The number of carbonyl (C=O) groups is 1. The van der Waals surface area contributed by atoms with Gasteiger partial charge in [0.1, 0.15) is 6.10 Å². The van der Waals surface area contributed by atoms with Crippen LogP contribution >= 0.6 is 34.8 Å². The molecule has 0 aromatic carbocycles. The van der Waals surface area contributed by atoms with Gasteiger partial charge in [0, 0.05) is 0 Å². The van der Waals surface area contributed by atoms with Crippen molar-refractivity contribution < 1.29 is 15.0 Å². The van der Waals surface area contributed by atoms with Crippen molar-refractivity contribution in [2.75, 3.05) is 0 Å². The molecule has 0 radical (unpaired) electrons. The van der Waals surface area contributed by atoms with E-state index in [1.54, 1.807) is 0 Å². The van der Waals surface area contributed by atoms with Crippen LogP contribution in [0.1, 0.15) is 33.6 Å². The number of aliphatic hydroxyl groups excluding tert-OH is 2. The molecule has 1 rings (SSSR count). The highest BCUT2D eigenvalue weighted by molar-refractivity contribution is 6.76. The minimum absolute atomic E-state index is 0.0376. The monoisotopic (exact) mass is 331 g/mol. The summed E-state index contributed by atoms with van der Waals surface area (Å²) in [4.78, 5) is 11.6. The van der Waals surface area contributed by atoms with Crippen LogP contribution in [0.15, 0.2) is 0 Å². The topological polar surface area (TPSA) is 69.6 Å². The second kappa shape index (κ2) is 5.94. The second-order valence-electron chi connectivity index (χ2n) is 6.17. The molecule has 1 aliphatic carbocycles.